The summed E-state index contributed by atoms with van der Waals surface area (Å²) in [6, 6.07) is 0. The van der Waals surface area contributed by atoms with Gasteiger partial charge in [0.25, 0.3) is 0 Å². The summed E-state index contributed by atoms with van der Waals surface area (Å²) in [5.41, 5.74) is 0.208. The van der Waals surface area contributed by atoms with Crippen LogP contribution >= 0.6 is 7.60 Å². The molecule has 5 heteroatoms. The molecule has 0 aromatic rings. The summed E-state index contributed by atoms with van der Waals surface area (Å²) >= 11 is 0. The average Bonchev–Trinajstić information content (AvgIpc) is 1.75. The van der Waals surface area contributed by atoms with Crippen molar-refractivity contribution in [1.29, 1.82) is 0 Å². The van der Waals surface area contributed by atoms with Crippen molar-refractivity contribution in [2.75, 3.05) is 13.3 Å². The zero-order valence-corrected chi connectivity index (χ0v) is 13.0. The average molecular weight is 252 g/mol. The van der Waals surface area contributed by atoms with E-state index in [1.165, 1.54) is 0 Å². The van der Waals surface area contributed by atoms with Crippen LogP contribution in [-0.2, 0) is 13.3 Å². The molecule has 0 N–H and O–H groups in total. The third-order valence-electron chi connectivity index (χ3n) is 1.62. The molecule has 0 aromatic heterocycles. The van der Waals surface area contributed by atoms with Crippen LogP contribution < -0.4 is 0 Å². The van der Waals surface area contributed by atoms with Gasteiger partial charge in [-0.15, -0.1) is 0 Å². The van der Waals surface area contributed by atoms with Crippen molar-refractivity contribution >= 4 is 15.9 Å². The van der Waals surface area contributed by atoms with Crippen molar-refractivity contribution in [1.82, 2.24) is 0 Å². The summed E-state index contributed by atoms with van der Waals surface area (Å²) in [5, 5.41) is 0. The molecule has 0 rings (SSSR count). The van der Waals surface area contributed by atoms with Gasteiger partial charge in [0.05, 0.1) is 6.61 Å². The summed E-state index contributed by atoms with van der Waals surface area (Å²) < 4.78 is 22.8. The number of hydrogen-bond acceptors (Lipinski definition) is 3. The second-order valence-electron chi connectivity index (χ2n) is 6.12. The van der Waals surface area contributed by atoms with Gasteiger partial charge in [0.1, 0.15) is 0 Å². The molecule has 0 fully saturated rings. The topological polar surface area (TPSA) is 35.5 Å². The van der Waals surface area contributed by atoms with E-state index in [9.17, 15) is 4.57 Å². The van der Waals surface area contributed by atoms with Gasteiger partial charge in [-0.2, -0.15) is 0 Å². The SMILES string of the molecule is CC(C)(C)CCOP(C)(=O)O[Si](C)(C)C. The minimum Gasteiger partial charge on any atom is -0.351 e. The Labute approximate surface area is 95.2 Å². The highest BCUT2D eigenvalue weighted by Crippen LogP contribution is 2.47. The molecule has 0 saturated carbocycles. The molecule has 15 heavy (non-hydrogen) atoms. The Morgan fingerprint density at radius 2 is 1.67 bits per heavy atom. The first-order valence-corrected chi connectivity index (χ1v) is 10.7. The van der Waals surface area contributed by atoms with Crippen molar-refractivity contribution in [2.45, 2.75) is 46.8 Å². The van der Waals surface area contributed by atoms with Crippen LogP contribution in [-0.4, -0.2) is 21.6 Å². The lowest BCUT2D eigenvalue weighted by Gasteiger charge is -2.24. The molecule has 1 unspecified atom stereocenters. The Kier molecular flexibility index (Phi) is 5.26. The van der Waals surface area contributed by atoms with Gasteiger partial charge >= 0.3 is 7.60 Å². The molecule has 0 bridgehead atoms. The zero-order chi connectivity index (χ0) is 12.3. The molecular weight excluding hydrogens is 227 g/mol. The van der Waals surface area contributed by atoms with Gasteiger partial charge < -0.3 is 8.74 Å². The van der Waals surface area contributed by atoms with E-state index >= 15 is 0 Å². The maximum absolute atomic E-state index is 11.9. The van der Waals surface area contributed by atoms with E-state index in [-0.39, 0.29) is 5.41 Å². The van der Waals surface area contributed by atoms with E-state index in [0.717, 1.165) is 6.42 Å². The summed E-state index contributed by atoms with van der Waals surface area (Å²) in [6.45, 7) is 14.5. The Balaban J connectivity index is 4.01. The van der Waals surface area contributed by atoms with Gasteiger partial charge in [-0.05, 0) is 31.5 Å². The minimum absolute atomic E-state index is 0.208. The Morgan fingerprint density at radius 3 is 2.00 bits per heavy atom. The van der Waals surface area contributed by atoms with Crippen molar-refractivity contribution in [3.8, 4) is 0 Å². The van der Waals surface area contributed by atoms with E-state index in [1.807, 2.05) is 19.6 Å². The lowest BCUT2D eigenvalue weighted by atomic mass is 9.93. The van der Waals surface area contributed by atoms with E-state index in [0.29, 0.717) is 6.61 Å². The quantitative estimate of drug-likeness (QED) is 0.545. The largest absolute Gasteiger partial charge is 0.351 e. The van der Waals surface area contributed by atoms with Crippen LogP contribution in [0.3, 0.4) is 0 Å². The first kappa shape index (κ1) is 15.4. The van der Waals surface area contributed by atoms with E-state index in [2.05, 4.69) is 20.8 Å². The molecule has 0 radical (unpaired) electrons. The highest BCUT2D eigenvalue weighted by Gasteiger charge is 2.27. The number of hydrogen-bond donors (Lipinski definition) is 0. The monoisotopic (exact) mass is 252 g/mol. The molecule has 0 aromatic carbocycles. The molecular formula is C10H25O3PSi. The summed E-state index contributed by atoms with van der Waals surface area (Å²) in [6.07, 6.45) is 0.889. The highest BCUT2D eigenvalue weighted by molar-refractivity contribution is 7.54. The van der Waals surface area contributed by atoms with Crippen LogP contribution in [0.25, 0.3) is 0 Å². The second kappa shape index (κ2) is 5.13. The van der Waals surface area contributed by atoms with Crippen LogP contribution in [0.1, 0.15) is 27.2 Å². The van der Waals surface area contributed by atoms with Gasteiger partial charge in [-0.25, -0.2) is 0 Å². The lowest BCUT2D eigenvalue weighted by Crippen LogP contribution is -2.24. The number of rotatable bonds is 5. The molecule has 0 spiro atoms. The first-order valence-electron chi connectivity index (χ1n) is 5.34. The maximum Gasteiger partial charge on any atom is 0.318 e. The van der Waals surface area contributed by atoms with Gasteiger partial charge in [0.2, 0.25) is 0 Å². The van der Waals surface area contributed by atoms with Crippen LogP contribution in [0, 0.1) is 5.41 Å². The Morgan fingerprint density at radius 1 is 1.20 bits per heavy atom. The van der Waals surface area contributed by atoms with Crippen LogP contribution in [0.4, 0.5) is 0 Å². The Hall–Kier alpha value is 0.367. The standard InChI is InChI=1S/C10H25O3PSi/c1-10(2,3)8-9-12-14(4,11)13-15(5,6)7/h8-9H2,1-7H3. The van der Waals surface area contributed by atoms with Crippen LogP contribution in [0.5, 0.6) is 0 Å². The van der Waals surface area contributed by atoms with E-state index in [4.69, 9.17) is 8.74 Å². The van der Waals surface area contributed by atoms with Crippen LogP contribution in [0.15, 0.2) is 0 Å². The molecule has 0 saturated heterocycles. The molecule has 0 amide bonds. The fourth-order valence-corrected chi connectivity index (χ4v) is 5.65. The van der Waals surface area contributed by atoms with Gasteiger partial charge in [0, 0.05) is 6.66 Å². The third kappa shape index (κ3) is 10.6. The van der Waals surface area contributed by atoms with Gasteiger partial charge in [-0.3, -0.25) is 4.57 Å². The van der Waals surface area contributed by atoms with Gasteiger partial charge in [-0.1, -0.05) is 20.8 Å². The predicted molar refractivity (Wildman–Crippen MR) is 68.0 cm³/mol. The van der Waals surface area contributed by atoms with Crippen molar-refractivity contribution < 1.29 is 13.3 Å². The first-order chi connectivity index (χ1) is 6.41. The van der Waals surface area contributed by atoms with Crippen LogP contribution in [0.2, 0.25) is 19.6 Å². The van der Waals surface area contributed by atoms with Gasteiger partial charge in [0.15, 0.2) is 8.32 Å². The summed E-state index contributed by atoms with van der Waals surface area (Å²) in [5.74, 6) is 0. The lowest BCUT2D eigenvalue weighted by molar-refractivity contribution is 0.220. The predicted octanol–water partition coefficient (Wildman–Crippen LogP) is 4.11. The minimum atomic E-state index is -2.84. The zero-order valence-electron chi connectivity index (χ0n) is 11.1. The maximum atomic E-state index is 11.9. The van der Waals surface area contributed by atoms with E-state index < -0.39 is 15.9 Å². The smallest absolute Gasteiger partial charge is 0.318 e. The fourth-order valence-electron chi connectivity index (χ4n) is 1.04. The molecule has 0 heterocycles. The second-order valence-corrected chi connectivity index (χ2v) is 12.9. The molecule has 92 valence electrons. The van der Waals surface area contributed by atoms with Crippen molar-refractivity contribution in [3.05, 3.63) is 0 Å². The molecule has 0 aliphatic rings. The molecule has 1 atom stereocenters. The third-order valence-corrected chi connectivity index (χ3v) is 5.79. The van der Waals surface area contributed by atoms with Crippen molar-refractivity contribution in [3.63, 3.8) is 0 Å². The Bertz CT molecular complexity index is 240. The summed E-state index contributed by atoms with van der Waals surface area (Å²) in [7, 11) is -4.62. The highest BCUT2D eigenvalue weighted by atomic mass is 31.2. The normalized spacial score (nSPS) is 17.5. The molecule has 0 aliphatic heterocycles. The summed E-state index contributed by atoms with van der Waals surface area (Å²) in [4.78, 5) is 0. The molecule has 0 aliphatic carbocycles. The van der Waals surface area contributed by atoms with Crippen molar-refractivity contribution in [2.24, 2.45) is 5.41 Å². The fraction of sp³-hybridized carbons (Fsp3) is 1.00. The van der Waals surface area contributed by atoms with E-state index in [1.54, 1.807) is 6.66 Å². The molecule has 3 nitrogen and oxygen atoms in total.